The number of hydrogen-bond donors (Lipinski definition) is 0. The highest BCUT2D eigenvalue weighted by Crippen LogP contribution is 2.30. The number of para-hydroxylation sites is 2. The first-order chi connectivity index (χ1) is 12.3. The SMILES string of the molecule is C=CCOc1ccc(COc2ccccc2)c(Oc2ccccc2)c1. The van der Waals surface area contributed by atoms with Gasteiger partial charge in [-0.1, -0.05) is 49.1 Å². The molecular formula is C22H20O3. The molecule has 0 saturated heterocycles. The summed E-state index contributed by atoms with van der Waals surface area (Å²) in [7, 11) is 0. The van der Waals surface area contributed by atoms with Crippen LogP contribution in [0.15, 0.2) is 91.5 Å². The van der Waals surface area contributed by atoms with E-state index in [9.17, 15) is 0 Å². The summed E-state index contributed by atoms with van der Waals surface area (Å²) in [5.41, 5.74) is 0.943. The van der Waals surface area contributed by atoms with Crippen molar-refractivity contribution in [1.29, 1.82) is 0 Å². The van der Waals surface area contributed by atoms with Crippen molar-refractivity contribution < 1.29 is 14.2 Å². The molecule has 0 unspecified atom stereocenters. The van der Waals surface area contributed by atoms with Gasteiger partial charge in [-0.2, -0.15) is 0 Å². The van der Waals surface area contributed by atoms with Crippen LogP contribution in [0.4, 0.5) is 0 Å². The Morgan fingerprint density at radius 3 is 2.08 bits per heavy atom. The smallest absolute Gasteiger partial charge is 0.137 e. The van der Waals surface area contributed by atoms with Crippen LogP contribution in [0.2, 0.25) is 0 Å². The van der Waals surface area contributed by atoms with Crippen LogP contribution in [0, 0.1) is 0 Å². The maximum Gasteiger partial charge on any atom is 0.137 e. The molecule has 0 aliphatic carbocycles. The summed E-state index contributed by atoms with van der Waals surface area (Å²) < 4.78 is 17.5. The van der Waals surface area contributed by atoms with Crippen molar-refractivity contribution in [2.24, 2.45) is 0 Å². The molecule has 0 aliphatic heterocycles. The van der Waals surface area contributed by atoms with Gasteiger partial charge in [0.2, 0.25) is 0 Å². The third-order valence-corrected chi connectivity index (χ3v) is 3.52. The van der Waals surface area contributed by atoms with E-state index >= 15 is 0 Å². The standard InChI is InChI=1S/C22H20O3/c1-2-15-23-21-14-13-18(17-24-19-9-5-3-6-10-19)22(16-21)25-20-11-7-4-8-12-20/h2-14,16H,1,15,17H2. The van der Waals surface area contributed by atoms with Crippen LogP contribution in [-0.2, 0) is 6.61 Å². The first-order valence-electron chi connectivity index (χ1n) is 8.12. The Bertz CT molecular complexity index is 798. The van der Waals surface area contributed by atoms with Gasteiger partial charge in [-0.15, -0.1) is 0 Å². The van der Waals surface area contributed by atoms with Crippen molar-refractivity contribution in [3.05, 3.63) is 97.1 Å². The van der Waals surface area contributed by atoms with E-state index in [-0.39, 0.29) is 0 Å². The molecule has 0 spiro atoms. The van der Waals surface area contributed by atoms with Crippen LogP contribution >= 0.6 is 0 Å². The molecule has 0 saturated carbocycles. The summed E-state index contributed by atoms with van der Waals surface area (Å²) in [5.74, 6) is 3.03. The molecule has 3 rings (SSSR count). The van der Waals surface area contributed by atoms with E-state index in [2.05, 4.69) is 6.58 Å². The largest absolute Gasteiger partial charge is 0.489 e. The average molecular weight is 332 g/mol. The zero-order chi connectivity index (χ0) is 17.3. The predicted molar refractivity (Wildman–Crippen MR) is 99.4 cm³/mol. The highest BCUT2D eigenvalue weighted by Gasteiger charge is 2.09. The summed E-state index contributed by atoms with van der Waals surface area (Å²) in [6.07, 6.45) is 1.71. The molecule has 0 aromatic heterocycles. The van der Waals surface area contributed by atoms with Gasteiger partial charge in [0.05, 0.1) is 0 Å². The third-order valence-electron chi connectivity index (χ3n) is 3.52. The molecule has 0 N–H and O–H groups in total. The Balaban J connectivity index is 1.80. The van der Waals surface area contributed by atoms with Crippen LogP contribution in [0.25, 0.3) is 0 Å². The Morgan fingerprint density at radius 1 is 0.720 bits per heavy atom. The number of benzene rings is 3. The highest BCUT2D eigenvalue weighted by atomic mass is 16.5. The summed E-state index contributed by atoms with van der Waals surface area (Å²) in [5, 5.41) is 0. The molecule has 3 aromatic rings. The summed E-state index contributed by atoms with van der Waals surface area (Å²) in [4.78, 5) is 0. The molecule has 0 amide bonds. The van der Waals surface area contributed by atoms with Gasteiger partial charge in [0.1, 0.15) is 36.2 Å². The average Bonchev–Trinajstić information content (AvgIpc) is 2.67. The lowest BCUT2D eigenvalue weighted by atomic mass is 10.2. The molecule has 3 heteroatoms. The molecule has 0 bridgehead atoms. The Hall–Kier alpha value is -3.20. The van der Waals surface area contributed by atoms with E-state index in [1.165, 1.54) is 0 Å². The van der Waals surface area contributed by atoms with Crippen molar-refractivity contribution >= 4 is 0 Å². The van der Waals surface area contributed by atoms with Gasteiger partial charge in [0, 0.05) is 11.6 Å². The zero-order valence-electron chi connectivity index (χ0n) is 13.9. The minimum Gasteiger partial charge on any atom is -0.489 e. The lowest BCUT2D eigenvalue weighted by molar-refractivity contribution is 0.299. The fraction of sp³-hybridized carbons (Fsp3) is 0.0909. The molecule has 0 radical (unpaired) electrons. The van der Waals surface area contributed by atoms with Crippen molar-refractivity contribution in [3.8, 4) is 23.0 Å². The van der Waals surface area contributed by atoms with Crippen LogP contribution < -0.4 is 14.2 Å². The predicted octanol–water partition coefficient (Wildman–Crippen LogP) is 5.62. The maximum absolute atomic E-state index is 6.03. The second-order valence-corrected chi connectivity index (χ2v) is 5.39. The Morgan fingerprint density at radius 2 is 1.40 bits per heavy atom. The molecule has 126 valence electrons. The van der Waals surface area contributed by atoms with Crippen LogP contribution in [0.3, 0.4) is 0 Å². The lowest BCUT2D eigenvalue weighted by Gasteiger charge is -2.14. The quantitative estimate of drug-likeness (QED) is 0.501. The first kappa shape index (κ1) is 16.7. The minimum atomic E-state index is 0.411. The summed E-state index contributed by atoms with van der Waals surface area (Å²) in [6, 6.07) is 25.1. The second-order valence-electron chi connectivity index (χ2n) is 5.39. The third kappa shape index (κ3) is 4.88. The van der Waals surface area contributed by atoms with E-state index in [0.717, 1.165) is 22.8 Å². The van der Waals surface area contributed by atoms with E-state index in [1.54, 1.807) is 6.08 Å². The lowest BCUT2D eigenvalue weighted by Crippen LogP contribution is -2.00. The second kappa shape index (κ2) is 8.60. The van der Waals surface area contributed by atoms with Crippen molar-refractivity contribution in [2.75, 3.05) is 6.61 Å². The van der Waals surface area contributed by atoms with Gasteiger partial charge < -0.3 is 14.2 Å². The van der Waals surface area contributed by atoms with Crippen molar-refractivity contribution in [1.82, 2.24) is 0 Å². The topological polar surface area (TPSA) is 27.7 Å². The van der Waals surface area contributed by atoms with Crippen molar-refractivity contribution in [3.63, 3.8) is 0 Å². The minimum absolute atomic E-state index is 0.411. The Labute approximate surface area is 148 Å². The normalized spacial score (nSPS) is 10.1. The van der Waals surface area contributed by atoms with Gasteiger partial charge in [-0.3, -0.25) is 0 Å². The van der Waals surface area contributed by atoms with E-state index in [1.807, 2.05) is 78.9 Å². The molecule has 25 heavy (non-hydrogen) atoms. The van der Waals surface area contributed by atoms with Gasteiger partial charge >= 0.3 is 0 Å². The molecule has 3 aromatic carbocycles. The van der Waals surface area contributed by atoms with E-state index in [4.69, 9.17) is 14.2 Å². The molecule has 0 fully saturated rings. The number of rotatable bonds is 8. The maximum atomic E-state index is 6.03. The number of hydrogen-bond acceptors (Lipinski definition) is 3. The van der Waals surface area contributed by atoms with E-state index < -0.39 is 0 Å². The van der Waals surface area contributed by atoms with Crippen LogP contribution in [-0.4, -0.2) is 6.61 Å². The van der Waals surface area contributed by atoms with Gasteiger partial charge in [0.25, 0.3) is 0 Å². The molecule has 0 heterocycles. The van der Waals surface area contributed by atoms with Crippen LogP contribution in [0.5, 0.6) is 23.0 Å². The fourth-order valence-corrected chi connectivity index (χ4v) is 2.29. The summed E-state index contributed by atoms with van der Waals surface area (Å²) in [6.45, 7) is 4.53. The van der Waals surface area contributed by atoms with Gasteiger partial charge in [-0.25, -0.2) is 0 Å². The van der Waals surface area contributed by atoms with Crippen molar-refractivity contribution in [2.45, 2.75) is 6.61 Å². The van der Waals surface area contributed by atoms with Crippen LogP contribution in [0.1, 0.15) is 5.56 Å². The van der Waals surface area contributed by atoms with Gasteiger partial charge in [0.15, 0.2) is 0 Å². The summed E-state index contributed by atoms with van der Waals surface area (Å²) >= 11 is 0. The number of ether oxygens (including phenoxy) is 3. The van der Waals surface area contributed by atoms with E-state index in [0.29, 0.717) is 19.0 Å². The van der Waals surface area contributed by atoms with Gasteiger partial charge in [-0.05, 0) is 36.4 Å². The Kier molecular flexibility index (Phi) is 5.73. The molecule has 0 atom stereocenters. The fourth-order valence-electron chi connectivity index (χ4n) is 2.29. The molecule has 3 nitrogen and oxygen atoms in total. The first-order valence-corrected chi connectivity index (χ1v) is 8.12. The molecule has 0 aliphatic rings. The molecular weight excluding hydrogens is 312 g/mol. The highest BCUT2D eigenvalue weighted by molar-refractivity contribution is 5.43. The monoisotopic (exact) mass is 332 g/mol. The zero-order valence-corrected chi connectivity index (χ0v) is 13.9.